The average Bonchev–Trinajstić information content (AvgIpc) is 2.58. The summed E-state index contributed by atoms with van der Waals surface area (Å²) in [4.78, 5) is 53.8. The van der Waals surface area contributed by atoms with Gasteiger partial charge in [0.15, 0.2) is 0 Å². The van der Waals surface area contributed by atoms with Crippen LogP contribution in [0.3, 0.4) is 0 Å². The van der Waals surface area contributed by atoms with Crippen LogP contribution in [-0.4, -0.2) is 45.7 Å². The summed E-state index contributed by atoms with van der Waals surface area (Å²) >= 11 is 0. The molecule has 0 radical (unpaired) electrons. The van der Waals surface area contributed by atoms with Crippen molar-refractivity contribution in [2.24, 2.45) is 0 Å². The molecule has 0 spiro atoms. The number of rotatable bonds is 6. The van der Waals surface area contributed by atoms with Crippen LogP contribution in [0.1, 0.15) is 13.8 Å². The summed E-state index contributed by atoms with van der Waals surface area (Å²) < 4.78 is 5.74. The third kappa shape index (κ3) is 4.43. The zero-order valence-electron chi connectivity index (χ0n) is 13.9. The molecule has 1 atom stereocenters. The Kier molecular flexibility index (Phi) is 5.88. The molecule has 0 bridgehead atoms. The van der Waals surface area contributed by atoms with E-state index in [9.17, 15) is 19.2 Å². The number of urea groups is 1. The van der Waals surface area contributed by atoms with Crippen molar-refractivity contribution in [3.63, 3.8) is 0 Å². The van der Waals surface area contributed by atoms with E-state index in [1.54, 1.807) is 19.1 Å². The Bertz CT molecular complexity index is 888. The van der Waals surface area contributed by atoms with Crippen LogP contribution in [0.2, 0.25) is 0 Å². The number of hydrogen-bond donors (Lipinski definition) is 3. The van der Waals surface area contributed by atoms with Gasteiger partial charge in [-0.1, -0.05) is 0 Å². The number of ether oxygens (including phenoxy) is 1. The lowest BCUT2D eigenvalue weighted by Gasteiger charge is -2.13. The number of aromatic nitrogens is 3. The monoisotopic (exact) mass is 349 g/mol. The second-order valence-electron chi connectivity index (χ2n) is 5.16. The third-order valence-corrected chi connectivity index (χ3v) is 3.36. The van der Waals surface area contributed by atoms with E-state index in [0.29, 0.717) is 0 Å². The molecule has 2 rings (SSSR count). The molecule has 0 saturated heterocycles. The van der Waals surface area contributed by atoms with Crippen molar-refractivity contribution < 1.29 is 14.3 Å². The maximum Gasteiger partial charge on any atom is 0.330 e. The largest absolute Gasteiger partial charge is 0.464 e. The van der Waals surface area contributed by atoms with E-state index in [1.165, 1.54) is 13.1 Å². The summed E-state index contributed by atoms with van der Waals surface area (Å²) in [5.74, 6) is -0.549. The lowest BCUT2D eigenvalue weighted by atomic mass is 10.3. The van der Waals surface area contributed by atoms with Crippen molar-refractivity contribution in [3.05, 3.63) is 39.2 Å². The van der Waals surface area contributed by atoms with Gasteiger partial charge < -0.3 is 15.4 Å². The van der Waals surface area contributed by atoms with Gasteiger partial charge in [0.2, 0.25) is 0 Å². The highest BCUT2D eigenvalue weighted by atomic mass is 16.5. The molecule has 0 aliphatic heterocycles. The van der Waals surface area contributed by atoms with Crippen molar-refractivity contribution in [2.45, 2.75) is 26.4 Å². The molecule has 2 aromatic rings. The Morgan fingerprint density at radius 2 is 2.16 bits per heavy atom. The molecule has 134 valence electrons. The first kappa shape index (κ1) is 18.2. The molecule has 0 aliphatic rings. The summed E-state index contributed by atoms with van der Waals surface area (Å²) in [6.45, 7) is 3.37. The van der Waals surface area contributed by atoms with Gasteiger partial charge >= 0.3 is 17.7 Å². The maximum atomic E-state index is 12.3. The van der Waals surface area contributed by atoms with Crippen molar-refractivity contribution >= 4 is 23.0 Å². The van der Waals surface area contributed by atoms with Crippen LogP contribution in [0, 0.1) is 0 Å². The number of pyridine rings is 1. The van der Waals surface area contributed by atoms with E-state index in [-0.39, 0.29) is 30.7 Å². The van der Waals surface area contributed by atoms with E-state index < -0.39 is 29.3 Å². The molecular weight excluding hydrogens is 330 g/mol. The molecule has 0 aromatic carbocycles. The highest BCUT2D eigenvalue weighted by Gasteiger charge is 2.16. The minimum Gasteiger partial charge on any atom is -0.464 e. The normalized spacial score (nSPS) is 11.8. The Balaban J connectivity index is 1.97. The fourth-order valence-electron chi connectivity index (χ4n) is 2.14. The maximum absolute atomic E-state index is 12.3. The second-order valence-corrected chi connectivity index (χ2v) is 5.16. The standard InChI is InChI=1S/C15H19N5O5/c1-3-25-13(22)9(2)18-14(23)17-7-8-20-12(21)10-5-4-6-16-11(10)19-15(20)24/h4-6,9H,3,7-8H2,1-2H3,(H,16,19,24)(H2,17,18,23)/t9-/m0/s1. The highest BCUT2D eigenvalue weighted by Crippen LogP contribution is 1.98. The number of carbonyl (C=O) groups is 2. The van der Waals surface area contributed by atoms with Crippen LogP contribution < -0.4 is 21.9 Å². The minimum absolute atomic E-state index is 0.0239. The fourth-order valence-corrected chi connectivity index (χ4v) is 2.14. The Morgan fingerprint density at radius 3 is 2.88 bits per heavy atom. The van der Waals surface area contributed by atoms with Gasteiger partial charge in [-0.3, -0.25) is 14.3 Å². The van der Waals surface area contributed by atoms with Crippen molar-refractivity contribution in [2.75, 3.05) is 13.2 Å². The van der Waals surface area contributed by atoms with Gasteiger partial charge in [-0.2, -0.15) is 0 Å². The Morgan fingerprint density at radius 1 is 1.40 bits per heavy atom. The second kappa shape index (κ2) is 8.08. The quantitative estimate of drug-likeness (QED) is 0.592. The van der Waals surface area contributed by atoms with Crippen molar-refractivity contribution in [1.82, 2.24) is 25.2 Å². The number of hydrogen-bond acceptors (Lipinski definition) is 6. The molecule has 0 unspecified atom stereocenters. The van der Waals surface area contributed by atoms with Crippen molar-refractivity contribution in [1.29, 1.82) is 0 Å². The first-order valence-corrected chi connectivity index (χ1v) is 7.73. The number of carbonyl (C=O) groups excluding carboxylic acids is 2. The van der Waals surface area contributed by atoms with Crippen LogP contribution in [0.5, 0.6) is 0 Å². The summed E-state index contributed by atoms with van der Waals surface area (Å²) in [6.07, 6.45) is 1.47. The Hall–Kier alpha value is -3.17. The average molecular weight is 349 g/mol. The molecule has 0 fully saturated rings. The number of aromatic amines is 1. The van der Waals surface area contributed by atoms with Crippen LogP contribution in [0.15, 0.2) is 27.9 Å². The number of amides is 2. The molecule has 3 N–H and O–H groups in total. The number of fused-ring (bicyclic) bond motifs is 1. The van der Waals surface area contributed by atoms with Crippen LogP contribution >= 0.6 is 0 Å². The first-order chi connectivity index (χ1) is 11.9. The van der Waals surface area contributed by atoms with E-state index >= 15 is 0 Å². The van der Waals surface area contributed by atoms with Gasteiger partial charge in [-0.05, 0) is 26.0 Å². The molecule has 2 heterocycles. The first-order valence-electron chi connectivity index (χ1n) is 7.73. The van der Waals surface area contributed by atoms with Gasteiger partial charge in [0, 0.05) is 19.3 Å². The van der Waals surface area contributed by atoms with E-state index in [1.807, 2.05) is 0 Å². The summed E-state index contributed by atoms with van der Waals surface area (Å²) in [7, 11) is 0. The smallest absolute Gasteiger partial charge is 0.330 e. The zero-order chi connectivity index (χ0) is 18.4. The van der Waals surface area contributed by atoms with Gasteiger partial charge in [0.25, 0.3) is 5.56 Å². The molecule has 10 heteroatoms. The number of esters is 1. The van der Waals surface area contributed by atoms with Gasteiger partial charge in [-0.15, -0.1) is 0 Å². The van der Waals surface area contributed by atoms with E-state index in [4.69, 9.17) is 4.74 Å². The van der Waals surface area contributed by atoms with Crippen LogP contribution in [0.4, 0.5) is 4.79 Å². The van der Waals surface area contributed by atoms with Gasteiger partial charge in [0.1, 0.15) is 11.7 Å². The molecule has 2 aromatic heterocycles. The lowest BCUT2D eigenvalue weighted by Crippen LogP contribution is -2.46. The molecule has 0 saturated carbocycles. The topological polar surface area (TPSA) is 135 Å². The lowest BCUT2D eigenvalue weighted by molar-refractivity contribution is -0.144. The number of H-pyrrole nitrogens is 1. The molecule has 2 amide bonds. The highest BCUT2D eigenvalue weighted by molar-refractivity contribution is 5.83. The molecule has 10 nitrogen and oxygen atoms in total. The fraction of sp³-hybridized carbons (Fsp3) is 0.400. The minimum atomic E-state index is -0.808. The Labute approximate surface area is 142 Å². The van der Waals surface area contributed by atoms with Crippen LogP contribution in [0.25, 0.3) is 11.0 Å². The number of nitrogens with zero attached hydrogens (tertiary/aromatic N) is 2. The predicted molar refractivity (Wildman–Crippen MR) is 89.3 cm³/mol. The summed E-state index contributed by atoms with van der Waals surface area (Å²) in [5.41, 5.74) is -0.894. The van der Waals surface area contributed by atoms with Gasteiger partial charge in [0.05, 0.1) is 12.0 Å². The predicted octanol–water partition coefficient (Wildman–Crippen LogP) is -0.664. The SMILES string of the molecule is CCOC(=O)[C@H](C)NC(=O)NCCn1c(=O)[nH]c2ncccc2c1=O. The van der Waals surface area contributed by atoms with Crippen LogP contribution in [-0.2, 0) is 16.1 Å². The summed E-state index contributed by atoms with van der Waals surface area (Å²) in [5, 5.41) is 5.16. The van der Waals surface area contributed by atoms with E-state index in [0.717, 1.165) is 4.57 Å². The van der Waals surface area contributed by atoms with E-state index in [2.05, 4.69) is 20.6 Å². The molecular formula is C15H19N5O5. The van der Waals surface area contributed by atoms with Crippen molar-refractivity contribution in [3.8, 4) is 0 Å². The molecule has 25 heavy (non-hydrogen) atoms. The number of nitrogens with one attached hydrogen (secondary N) is 3. The molecule has 0 aliphatic carbocycles. The summed E-state index contributed by atoms with van der Waals surface area (Å²) in [6, 6.07) is 1.73. The third-order valence-electron chi connectivity index (χ3n) is 3.36. The zero-order valence-corrected chi connectivity index (χ0v) is 13.9. The van der Waals surface area contributed by atoms with Gasteiger partial charge in [-0.25, -0.2) is 19.4 Å².